The Labute approximate surface area is 192 Å². The van der Waals surface area contributed by atoms with Crippen LogP contribution in [0.4, 0.5) is 5.82 Å². The van der Waals surface area contributed by atoms with Crippen LogP contribution in [0.1, 0.15) is 21.7 Å². The van der Waals surface area contributed by atoms with E-state index in [0.29, 0.717) is 23.1 Å². The molecule has 0 fully saturated rings. The number of nitrogens with one attached hydrogen (secondary N) is 1. The SMILES string of the molecule is Cc1cc(NC(=O)c2ccn(COc3ccc(Br)cc3)n2)nn1Cc1cccc(Cl)c1. The summed E-state index contributed by atoms with van der Waals surface area (Å²) in [4.78, 5) is 12.6. The van der Waals surface area contributed by atoms with Crippen LogP contribution in [0.5, 0.6) is 5.75 Å². The smallest absolute Gasteiger partial charge is 0.277 e. The molecule has 2 aromatic carbocycles. The Morgan fingerprint density at radius 2 is 1.94 bits per heavy atom. The lowest BCUT2D eigenvalue weighted by Gasteiger charge is -2.06. The molecule has 1 N–H and O–H groups in total. The van der Waals surface area contributed by atoms with E-state index in [1.54, 1.807) is 16.9 Å². The maximum atomic E-state index is 12.6. The van der Waals surface area contributed by atoms with Gasteiger partial charge in [-0.3, -0.25) is 9.48 Å². The molecule has 0 aliphatic heterocycles. The Bertz CT molecular complexity index is 1200. The average Bonchev–Trinajstić information content (AvgIpc) is 3.34. The van der Waals surface area contributed by atoms with E-state index < -0.39 is 0 Å². The van der Waals surface area contributed by atoms with Crippen LogP contribution in [-0.2, 0) is 13.3 Å². The van der Waals surface area contributed by atoms with Crippen molar-refractivity contribution in [1.82, 2.24) is 19.6 Å². The number of halogens is 2. The van der Waals surface area contributed by atoms with Gasteiger partial charge in [0.25, 0.3) is 5.91 Å². The molecule has 2 heterocycles. The second kappa shape index (κ2) is 9.36. The number of amides is 1. The fourth-order valence-corrected chi connectivity index (χ4v) is 3.42. The first kappa shape index (κ1) is 21.1. The number of rotatable bonds is 7. The predicted octanol–water partition coefficient (Wildman–Crippen LogP) is 5.14. The molecule has 0 atom stereocenters. The van der Waals surface area contributed by atoms with Crippen molar-refractivity contribution >= 4 is 39.3 Å². The second-order valence-electron chi connectivity index (χ2n) is 6.88. The van der Waals surface area contributed by atoms with Gasteiger partial charge in [0.1, 0.15) is 5.75 Å². The van der Waals surface area contributed by atoms with E-state index in [4.69, 9.17) is 16.3 Å². The van der Waals surface area contributed by atoms with E-state index in [9.17, 15) is 4.79 Å². The number of aryl methyl sites for hydroxylation is 1. The number of benzene rings is 2. The largest absolute Gasteiger partial charge is 0.471 e. The normalized spacial score (nSPS) is 10.8. The average molecular weight is 501 g/mol. The molecule has 0 aliphatic carbocycles. The van der Waals surface area contributed by atoms with Crippen molar-refractivity contribution in [3.63, 3.8) is 0 Å². The lowest BCUT2D eigenvalue weighted by Crippen LogP contribution is -2.15. The van der Waals surface area contributed by atoms with Crippen molar-refractivity contribution in [2.75, 3.05) is 5.32 Å². The minimum absolute atomic E-state index is 0.197. The third-order valence-corrected chi connectivity index (χ3v) is 5.26. The molecule has 9 heteroatoms. The monoisotopic (exact) mass is 499 g/mol. The number of hydrogen-bond acceptors (Lipinski definition) is 4. The molecule has 0 aliphatic rings. The molecule has 0 spiro atoms. The number of carbonyl (C=O) groups excluding carboxylic acids is 1. The van der Waals surface area contributed by atoms with Gasteiger partial charge in [0.15, 0.2) is 18.2 Å². The highest BCUT2D eigenvalue weighted by atomic mass is 79.9. The molecule has 31 heavy (non-hydrogen) atoms. The zero-order valence-electron chi connectivity index (χ0n) is 16.6. The van der Waals surface area contributed by atoms with Crippen molar-refractivity contribution in [1.29, 1.82) is 0 Å². The molecule has 4 rings (SSSR count). The van der Waals surface area contributed by atoms with E-state index in [1.807, 2.05) is 66.2 Å². The Morgan fingerprint density at radius 3 is 2.71 bits per heavy atom. The summed E-state index contributed by atoms with van der Waals surface area (Å²) in [7, 11) is 0. The van der Waals surface area contributed by atoms with Gasteiger partial charge in [-0.15, -0.1) is 0 Å². The summed E-state index contributed by atoms with van der Waals surface area (Å²) in [6.45, 7) is 2.69. The summed E-state index contributed by atoms with van der Waals surface area (Å²) in [5.41, 5.74) is 2.23. The zero-order chi connectivity index (χ0) is 21.8. The van der Waals surface area contributed by atoms with Gasteiger partial charge >= 0.3 is 0 Å². The second-order valence-corrected chi connectivity index (χ2v) is 8.23. The lowest BCUT2D eigenvalue weighted by molar-refractivity contribution is 0.101. The minimum atomic E-state index is -0.338. The summed E-state index contributed by atoms with van der Waals surface area (Å²) < 4.78 is 10.0. The van der Waals surface area contributed by atoms with E-state index >= 15 is 0 Å². The van der Waals surface area contributed by atoms with E-state index in [1.165, 1.54) is 0 Å². The molecule has 0 saturated heterocycles. The quantitative estimate of drug-likeness (QED) is 0.381. The highest BCUT2D eigenvalue weighted by Gasteiger charge is 2.13. The van der Waals surface area contributed by atoms with Gasteiger partial charge in [-0.25, -0.2) is 4.68 Å². The number of carbonyl (C=O) groups is 1. The molecule has 4 aromatic rings. The Balaban J connectivity index is 1.37. The van der Waals surface area contributed by atoms with Gasteiger partial charge in [0, 0.05) is 27.5 Å². The van der Waals surface area contributed by atoms with Crippen molar-refractivity contribution < 1.29 is 9.53 Å². The maximum Gasteiger partial charge on any atom is 0.277 e. The van der Waals surface area contributed by atoms with Gasteiger partial charge < -0.3 is 10.1 Å². The topological polar surface area (TPSA) is 74.0 Å². The van der Waals surface area contributed by atoms with Crippen LogP contribution in [-0.4, -0.2) is 25.5 Å². The Morgan fingerprint density at radius 1 is 1.13 bits per heavy atom. The Kier molecular flexibility index (Phi) is 6.39. The standard InChI is InChI=1S/C22H19BrClN5O2/c1-15-11-21(27-29(15)13-16-3-2-4-18(24)12-16)25-22(30)20-9-10-28(26-20)14-31-19-7-5-17(23)6-8-19/h2-12H,13-14H2,1H3,(H,25,27,30). The van der Waals surface area contributed by atoms with Crippen LogP contribution < -0.4 is 10.1 Å². The van der Waals surface area contributed by atoms with Crippen LogP contribution in [0.25, 0.3) is 0 Å². The highest BCUT2D eigenvalue weighted by molar-refractivity contribution is 9.10. The molecular formula is C22H19BrClN5O2. The van der Waals surface area contributed by atoms with Crippen LogP contribution in [0.2, 0.25) is 5.02 Å². The Hall–Kier alpha value is -3.10. The molecule has 158 valence electrons. The number of anilines is 1. The van der Waals surface area contributed by atoms with Crippen molar-refractivity contribution in [2.45, 2.75) is 20.2 Å². The first-order chi connectivity index (χ1) is 15.0. The third kappa shape index (κ3) is 5.53. The van der Waals surface area contributed by atoms with Crippen LogP contribution >= 0.6 is 27.5 Å². The zero-order valence-corrected chi connectivity index (χ0v) is 19.0. The van der Waals surface area contributed by atoms with Gasteiger partial charge in [-0.05, 0) is 55.0 Å². The van der Waals surface area contributed by atoms with Crippen LogP contribution in [0.3, 0.4) is 0 Å². The number of hydrogen-bond donors (Lipinski definition) is 1. The van der Waals surface area contributed by atoms with Gasteiger partial charge in [-0.1, -0.05) is 39.7 Å². The highest BCUT2D eigenvalue weighted by Crippen LogP contribution is 2.17. The molecule has 0 radical (unpaired) electrons. The summed E-state index contributed by atoms with van der Waals surface area (Å²) in [5, 5.41) is 12.2. The van der Waals surface area contributed by atoms with E-state index in [-0.39, 0.29) is 18.3 Å². The number of ether oxygens (including phenoxy) is 1. The van der Waals surface area contributed by atoms with Gasteiger partial charge in [0.2, 0.25) is 0 Å². The summed E-state index contributed by atoms with van der Waals surface area (Å²) in [6.07, 6.45) is 1.69. The first-order valence-electron chi connectivity index (χ1n) is 9.48. The van der Waals surface area contributed by atoms with E-state index in [2.05, 4.69) is 31.4 Å². The maximum absolute atomic E-state index is 12.6. The van der Waals surface area contributed by atoms with Crippen LogP contribution in [0, 0.1) is 6.92 Å². The fourth-order valence-electron chi connectivity index (χ4n) is 2.95. The fraction of sp³-hybridized carbons (Fsp3) is 0.136. The van der Waals surface area contributed by atoms with Crippen molar-refractivity contribution in [2.24, 2.45) is 0 Å². The van der Waals surface area contributed by atoms with E-state index in [0.717, 1.165) is 15.7 Å². The van der Waals surface area contributed by atoms with Crippen molar-refractivity contribution in [3.05, 3.63) is 93.3 Å². The molecule has 0 saturated carbocycles. The van der Waals surface area contributed by atoms with Crippen LogP contribution in [0.15, 0.2) is 71.3 Å². The first-order valence-corrected chi connectivity index (χ1v) is 10.7. The minimum Gasteiger partial charge on any atom is -0.471 e. The molecule has 0 bridgehead atoms. The van der Waals surface area contributed by atoms with Gasteiger partial charge in [-0.2, -0.15) is 10.2 Å². The predicted molar refractivity (Wildman–Crippen MR) is 122 cm³/mol. The molecule has 1 amide bonds. The summed E-state index contributed by atoms with van der Waals surface area (Å²) in [6, 6.07) is 18.5. The molecular weight excluding hydrogens is 482 g/mol. The molecule has 0 unspecified atom stereocenters. The summed E-state index contributed by atoms with van der Waals surface area (Å²) in [5.74, 6) is 0.838. The van der Waals surface area contributed by atoms with Gasteiger partial charge in [0.05, 0.1) is 6.54 Å². The number of aromatic nitrogens is 4. The lowest BCUT2D eigenvalue weighted by atomic mass is 10.2. The summed E-state index contributed by atoms with van der Waals surface area (Å²) >= 11 is 9.44. The molecule has 7 nitrogen and oxygen atoms in total. The third-order valence-electron chi connectivity index (χ3n) is 4.49. The van der Waals surface area contributed by atoms with Crippen molar-refractivity contribution in [3.8, 4) is 5.75 Å². The molecule has 2 aromatic heterocycles. The number of nitrogens with zero attached hydrogens (tertiary/aromatic N) is 4.